The van der Waals surface area contributed by atoms with E-state index in [9.17, 15) is 4.79 Å². The summed E-state index contributed by atoms with van der Waals surface area (Å²) in [5.41, 5.74) is -0.170. The summed E-state index contributed by atoms with van der Waals surface area (Å²) in [6, 6.07) is 2.27. The lowest BCUT2D eigenvalue weighted by molar-refractivity contribution is -0.127. The summed E-state index contributed by atoms with van der Waals surface area (Å²) >= 11 is 0. The summed E-state index contributed by atoms with van der Waals surface area (Å²) in [7, 11) is 0. The van der Waals surface area contributed by atoms with Crippen molar-refractivity contribution in [3.05, 3.63) is 0 Å². The molecule has 15 heavy (non-hydrogen) atoms. The molecule has 1 amide bonds. The van der Waals surface area contributed by atoms with Crippen LogP contribution in [0.3, 0.4) is 0 Å². The lowest BCUT2D eigenvalue weighted by Crippen LogP contribution is -2.44. The Balaban J connectivity index is 2.50. The van der Waals surface area contributed by atoms with Gasteiger partial charge >= 0.3 is 0 Å². The van der Waals surface area contributed by atoms with Gasteiger partial charge in [-0.2, -0.15) is 5.26 Å². The summed E-state index contributed by atoms with van der Waals surface area (Å²) < 4.78 is 0. The minimum atomic E-state index is -0.170. The highest BCUT2D eigenvalue weighted by atomic mass is 16.2. The molecule has 0 heterocycles. The SMILES string of the molecule is CC(C)(C)NC(=O)C1CCCC(C#N)C1. The number of carbonyl (C=O) groups is 1. The predicted molar refractivity (Wildman–Crippen MR) is 59.0 cm³/mol. The van der Waals surface area contributed by atoms with Crippen molar-refractivity contribution in [3.8, 4) is 6.07 Å². The van der Waals surface area contributed by atoms with Gasteiger partial charge in [0.2, 0.25) is 5.91 Å². The fourth-order valence-electron chi connectivity index (χ4n) is 2.02. The van der Waals surface area contributed by atoms with Gasteiger partial charge in [0.15, 0.2) is 0 Å². The maximum atomic E-state index is 11.9. The molecule has 0 aromatic rings. The second-order valence-corrected chi connectivity index (χ2v) is 5.43. The van der Waals surface area contributed by atoms with Crippen LogP contribution in [0.5, 0.6) is 0 Å². The van der Waals surface area contributed by atoms with E-state index in [0.29, 0.717) is 0 Å². The van der Waals surface area contributed by atoms with Crippen LogP contribution in [-0.2, 0) is 4.79 Å². The van der Waals surface area contributed by atoms with Crippen LogP contribution in [0.4, 0.5) is 0 Å². The minimum absolute atomic E-state index is 0.0441. The van der Waals surface area contributed by atoms with Gasteiger partial charge in [-0.15, -0.1) is 0 Å². The van der Waals surface area contributed by atoms with Crippen molar-refractivity contribution in [2.75, 3.05) is 0 Å². The maximum absolute atomic E-state index is 11.9. The van der Waals surface area contributed by atoms with E-state index in [-0.39, 0.29) is 23.3 Å². The van der Waals surface area contributed by atoms with Crippen LogP contribution in [0.2, 0.25) is 0 Å². The molecule has 1 saturated carbocycles. The first-order chi connectivity index (χ1) is 6.92. The average molecular weight is 208 g/mol. The van der Waals surface area contributed by atoms with E-state index in [2.05, 4.69) is 11.4 Å². The quantitative estimate of drug-likeness (QED) is 0.718. The Bertz CT molecular complexity index is 272. The zero-order valence-corrected chi connectivity index (χ0v) is 9.84. The molecule has 0 aromatic carbocycles. The predicted octanol–water partition coefficient (Wildman–Crippen LogP) is 2.23. The lowest BCUT2D eigenvalue weighted by atomic mass is 9.81. The molecule has 84 valence electrons. The van der Waals surface area contributed by atoms with E-state index in [1.54, 1.807) is 0 Å². The molecule has 0 saturated heterocycles. The van der Waals surface area contributed by atoms with Crippen LogP contribution in [0.15, 0.2) is 0 Å². The number of hydrogen-bond acceptors (Lipinski definition) is 2. The van der Waals surface area contributed by atoms with E-state index in [1.807, 2.05) is 20.8 Å². The number of nitriles is 1. The molecule has 0 spiro atoms. The van der Waals surface area contributed by atoms with Crippen molar-refractivity contribution in [1.82, 2.24) is 5.32 Å². The van der Waals surface area contributed by atoms with Crippen LogP contribution in [-0.4, -0.2) is 11.4 Å². The number of amides is 1. The van der Waals surface area contributed by atoms with Crippen molar-refractivity contribution >= 4 is 5.91 Å². The van der Waals surface area contributed by atoms with Crippen molar-refractivity contribution < 1.29 is 4.79 Å². The van der Waals surface area contributed by atoms with Crippen LogP contribution in [0.1, 0.15) is 46.5 Å². The first-order valence-electron chi connectivity index (χ1n) is 5.64. The molecule has 3 nitrogen and oxygen atoms in total. The van der Waals surface area contributed by atoms with E-state index in [1.165, 1.54) is 0 Å². The molecule has 2 unspecified atom stereocenters. The number of rotatable bonds is 1. The molecule has 0 bridgehead atoms. The van der Waals surface area contributed by atoms with Crippen LogP contribution in [0.25, 0.3) is 0 Å². The van der Waals surface area contributed by atoms with E-state index in [0.717, 1.165) is 25.7 Å². The summed E-state index contributed by atoms with van der Waals surface area (Å²) in [4.78, 5) is 11.9. The van der Waals surface area contributed by atoms with Crippen LogP contribution >= 0.6 is 0 Å². The Labute approximate surface area is 91.9 Å². The first-order valence-corrected chi connectivity index (χ1v) is 5.64. The van der Waals surface area contributed by atoms with E-state index < -0.39 is 0 Å². The van der Waals surface area contributed by atoms with E-state index >= 15 is 0 Å². The zero-order valence-electron chi connectivity index (χ0n) is 9.84. The fraction of sp³-hybridized carbons (Fsp3) is 0.833. The molecule has 1 fully saturated rings. The molecule has 1 aliphatic rings. The Morgan fingerprint density at radius 3 is 2.60 bits per heavy atom. The number of carbonyl (C=O) groups excluding carboxylic acids is 1. The van der Waals surface area contributed by atoms with Crippen molar-refractivity contribution in [3.63, 3.8) is 0 Å². The van der Waals surface area contributed by atoms with Crippen molar-refractivity contribution in [1.29, 1.82) is 5.26 Å². The van der Waals surface area contributed by atoms with Gasteiger partial charge in [-0.25, -0.2) is 0 Å². The Hall–Kier alpha value is -1.04. The largest absolute Gasteiger partial charge is 0.351 e. The molecule has 0 aliphatic heterocycles. The average Bonchev–Trinajstić information content (AvgIpc) is 2.15. The summed E-state index contributed by atoms with van der Waals surface area (Å²) in [6.07, 6.45) is 3.62. The number of nitrogens with one attached hydrogen (secondary N) is 1. The Morgan fingerprint density at radius 1 is 1.40 bits per heavy atom. The highest BCUT2D eigenvalue weighted by molar-refractivity contribution is 5.79. The molecule has 2 atom stereocenters. The molecule has 3 heteroatoms. The summed E-state index contributed by atoms with van der Waals surface area (Å²) in [6.45, 7) is 5.94. The third kappa shape index (κ3) is 3.91. The van der Waals surface area contributed by atoms with Gasteiger partial charge in [-0.3, -0.25) is 4.79 Å². The van der Waals surface area contributed by atoms with Crippen molar-refractivity contribution in [2.45, 2.75) is 52.0 Å². The van der Waals surface area contributed by atoms with Gasteiger partial charge in [0.05, 0.1) is 6.07 Å². The van der Waals surface area contributed by atoms with Gasteiger partial charge in [0.1, 0.15) is 0 Å². The third-order valence-corrected chi connectivity index (χ3v) is 2.73. The second-order valence-electron chi connectivity index (χ2n) is 5.43. The molecule has 0 aromatic heterocycles. The monoisotopic (exact) mass is 208 g/mol. The topological polar surface area (TPSA) is 52.9 Å². The summed E-state index contributed by atoms with van der Waals surface area (Å²) in [5.74, 6) is 0.236. The second kappa shape index (κ2) is 4.65. The lowest BCUT2D eigenvalue weighted by Gasteiger charge is -2.28. The molecular weight excluding hydrogens is 188 g/mol. The smallest absolute Gasteiger partial charge is 0.223 e. The highest BCUT2D eigenvalue weighted by Gasteiger charge is 2.28. The Morgan fingerprint density at radius 2 is 2.07 bits per heavy atom. The molecular formula is C12H20N2O. The molecule has 1 N–H and O–H groups in total. The third-order valence-electron chi connectivity index (χ3n) is 2.73. The fourth-order valence-corrected chi connectivity index (χ4v) is 2.02. The normalized spacial score (nSPS) is 26.8. The minimum Gasteiger partial charge on any atom is -0.351 e. The van der Waals surface area contributed by atoms with Gasteiger partial charge in [-0.1, -0.05) is 6.42 Å². The molecule has 1 aliphatic carbocycles. The zero-order chi connectivity index (χ0) is 11.5. The molecule has 0 radical (unpaired) electrons. The first kappa shape index (κ1) is 12.0. The Kier molecular flexibility index (Phi) is 3.73. The van der Waals surface area contributed by atoms with E-state index in [4.69, 9.17) is 5.26 Å². The van der Waals surface area contributed by atoms with Gasteiger partial charge in [0.25, 0.3) is 0 Å². The van der Waals surface area contributed by atoms with Crippen LogP contribution < -0.4 is 5.32 Å². The van der Waals surface area contributed by atoms with Crippen molar-refractivity contribution in [2.24, 2.45) is 11.8 Å². The van der Waals surface area contributed by atoms with Gasteiger partial charge in [0, 0.05) is 17.4 Å². The summed E-state index contributed by atoms with van der Waals surface area (Å²) in [5, 5.41) is 11.8. The molecule has 1 rings (SSSR count). The van der Waals surface area contributed by atoms with Gasteiger partial charge < -0.3 is 5.32 Å². The van der Waals surface area contributed by atoms with Crippen LogP contribution in [0, 0.1) is 23.2 Å². The maximum Gasteiger partial charge on any atom is 0.223 e. The number of hydrogen-bond donors (Lipinski definition) is 1. The highest BCUT2D eigenvalue weighted by Crippen LogP contribution is 2.28. The van der Waals surface area contributed by atoms with Gasteiger partial charge in [-0.05, 0) is 40.0 Å². The standard InChI is InChI=1S/C12H20N2O/c1-12(2,3)14-11(15)10-6-4-5-9(7-10)8-13/h9-10H,4-7H2,1-3H3,(H,14,15). The number of nitrogens with zero attached hydrogens (tertiary/aromatic N) is 1.